The fraction of sp³-hybridized carbons (Fsp3) is 0.400. The lowest BCUT2D eigenvalue weighted by Crippen LogP contribution is -2.31. The number of aromatic nitrogens is 3. The predicted molar refractivity (Wildman–Crippen MR) is 82.1 cm³/mol. The van der Waals surface area contributed by atoms with Crippen molar-refractivity contribution in [2.45, 2.75) is 25.3 Å². The van der Waals surface area contributed by atoms with Crippen molar-refractivity contribution in [1.29, 1.82) is 0 Å². The number of rotatable bonds is 5. The van der Waals surface area contributed by atoms with E-state index >= 15 is 0 Å². The third-order valence-electron chi connectivity index (χ3n) is 3.93. The van der Waals surface area contributed by atoms with E-state index in [-0.39, 0.29) is 11.8 Å². The quantitative estimate of drug-likeness (QED) is 0.833. The Kier molecular flexibility index (Phi) is 3.88. The number of nitrogens with one attached hydrogen (secondary N) is 2. The van der Waals surface area contributed by atoms with Gasteiger partial charge in [-0.1, -0.05) is 30.3 Å². The summed E-state index contributed by atoms with van der Waals surface area (Å²) >= 11 is 5.07. The zero-order valence-electron chi connectivity index (χ0n) is 11.9. The molecule has 0 spiro atoms. The summed E-state index contributed by atoms with van der Waals surface area (Å²) in [6.45, 7) is 0.387. The van der Waals surface area contributed by atoms with Crippen LogP contribution in [0.2, 0.25) is 0 Å². The largest absolute Gasteiger partial charge is 0.348 e. The monoisotopic (exact) mass is 302 g/mol. The Morgan fingerprint density at radius 3 is 2.76 bits per heavy atom. The van der Waals surface area contributed by atoms with Gasteiger partial charge in [0.15, 0.2) is 10.6 Å². The van der Waals surface area contributed by atoms with Crippen molar-refractivity contribution >= 4 is 18.1 Å². The van der Waals surface area contributed by atoms with Crippen LogP contribution in [0.25, 0.3) is 0 Å². The highest BCUT2D eigenvalue weighted by Crippen LogP contribution is 2.42. The van der Waals surface area contributed by atoms with Gasteiger partial charge in [-0.25, -0.2) is 0 Å². The number of hydrogen-bond donors (Lipinski definition) is 2. The second-order valence-electron chi connectivity index (χ2n) is 5.45. The average Bonchev–Trinajstić information content (AvgIpc) is 3.27. The lowest BCUT2D eigenvalue weighted by Gasteiger charge is -2.16. The van der Waals surface area contributed by atoms with Crippen LogP contribution in [-0.2, 0) is 18.4 Å². The van der Waals surface area contributed by atoms with Crippen LogP contribution in [0.4, 0.5) is 0 Å². The first kappa shape index (κ1) is 14.0. The van der Waals surface area contributed by atoms with Crippen molar-refractivity contribution < 1.29 is 4.79 Å². The molecule has 0 radical (unpaired) electrons. The zero-order chi connectivity index (χ0) is 14.8. The fourth-order valence-electron chi connectivity index (χ4n) is 2.54. The average molecular weight is 302 g/mol. The van der Waals surface area contributed by atoms with E-state index in [1.807, 2.05) is 37.4 Å². The van der Waals surface area contributed by atoms with Gasteiger partial charge >= 0.3 is 0 Å². The zero-order valence-corrected chi connectivity index (χ0v) is 12.7. The maximum Gasteiger partial charge on any atom is 0.228 e. The number of amides is 1. The van der Waals surface area contributed by atoms with Crippen molar-refractivity contribution in [2.75, 3.05) is 0 Å². The van der Waals surface area contributed by atoms with E-state index in [0.717, 1.165) is 24.2 Å². The standard InChI is InChI=1S/C15H18N4OS/c1-19-12(17-18-15(19)21)9-16-14(20)13(11-7-8-11)10-5-3-2-4-6-10/h2-6,11,13H,7-9H2,1H3,(H,16,20)(H,18,21)/t13-/m1/s1. The number of hydrogen-bond acceptors (Lipinski definition) is 3. The van der Waals surface area contributed by atoms with E-state index < -0.39 is 0 Å². The molecule has 0 bridgehead atoms. The molecule has 2 N–H and O–H groups in total. The first-order chi connectivity index (χ1) is 10.2. The smallest absolute Gasteiger partial charge is 0.228 e. The first-order valence-electron chi connectivity index (χ1n) is 7.09. The van der Waals surface area contributed by atoms with Crippen LogP contribution < -0.4 is 5.32 Å². The highest BCUT2D eigenvalue weighted by molar-refractivity contribution is 7.71. The number of carbonyl (C=O) groups excluding carboxylic acids is 1. The van der Waals surface area contributed by atoms with Gasteiger partial charge in [0.2, 0.25) is 5.91 Å². The van der Waals surface area contributed by atoms with Crippen molar-refractivity contribution in [3.8, 4) is 0 Å². The number of H-pyrrole nitrogens is 1. The van der Waals surface area contributed by atoms with E-state index in [2.05, 4.69) is 15.5 Å². The van der Waals surface area contributed by atoms with Gasteiger partial charge in [0.05, 0.1) is 12.5 Å². The molecule has 0 unspecified atom stereocenters. The molecule has 1 aromatic heterocycles. The lowest BCUT2D eigenvalue weighted by atomic mass is 9.93. The molecule has 1 fully saturated rings. The Morgan fingerprint density at radius 2 is 2.19 bits per heavy atom. The van der Waals surface area contributed by atoms with Crippen molar-refractivity contribution in [3.63, 3.8) is 0 Å². The highest BCUT2D eigenvalue weighted by Gasteiger charge is 2.37. The van der Waals surface area contributed by atoms with Gasteiger partial charge < -0.3 is 9.88 Å². The van der Waals surface area contributed by atoms with Crippen LogP contribution >= 0.6 is 12.2 Å². The maximum absolute atomic E-state index is 12.5. The van der Waals surface area contributed by atoms with Crippen LogP contribution in [0.3, 0.4) is 0 Å². The van der Waals surface area contributed by atoms with Gasteiger partial charge in [0.1, 0.15) is 0 Å². The maximum atomic E-state index is 12.5. The van der Waals surface area contributed by atoms with Crippen molar-refractivity contribution in [3.05, 3.63) is 46.5 Å². The Bertz CT molecular complexity index is 687. The summed E-state index contributed by atoms with van der Waals surface area (Å²) in [5.74, 6) is 1.21. The van der Waals surface area contributed by atoms with Crippen LogP contribution in [-0.4, -0.2) is 20.7 Å². The fourth-order valence-corrected chi connectivity index (χ4v) is 2.69. The molecule has 110 valence electrons. The molecule has 1 aliphatic carbocycles. The molecule has 0 aliphatic heterocycles. The molecule has 5 nitrogen and oxygen atoms in total. The topological polar surface area (TPSA) is 62.7 Å². The van der Waals surface area contributed by atoms with Crippen LogP contribution in [0, 0.1) is 10.7 Å². The molecular weight excluding hydrogens is 284 g/mol. The van der Waals surface area contributed by atoms with Gasteiger partial charge in [-0.15, -0.1) is 0 Å². The van der Waals surface area contributed by atoms with Gasteiger partial charge in [-0.2, -0.15) is 5.10 Å². The van der Waals surface area contributed by atoms with Crippen LogP contribution in [0.15, 0.2) is 30.3 Å². The Hall–Kier alpha value is -1.95. The van der Waals surface area contributed by atoms with Crippen LogP contribution in [0.5, 0.6) is 0 Å². The molecule has 1 amide bonds. The molecule has 1 heterocycles. The molecule has 6 heteroatoms. The van der Waals surface area contributed by atoms with Crippen molar-refractivity contribution in [2.24, 2.45) is 13.0 Å². The molecule has 1 saturated carbocycles. The summed E-state index contributed by atoms with van der Waals surface area (Å²) in [6.07, 6.45) is 2.25. The Labute approximate surface area is 128 Å². The minimum Gasteiger partial charge on any atom is -0.348 e. The summed E-state index contributed by atoms with van der Waals surface area (Å²) in [7, 11) is 1.84. The molecule has 3 rings (SSSR count). The summed E-state index contributed by atoms with van der Waals surface area (Å²) in [4.78, 5) is 12.5. The molecule has 2 aromatic rings. The lowest BCUT2D eigenvalue weighted by molar-refractivity contribution is -0.123. The van der Waals surface area contributed by atoms with E-state index in [9.17, 15) is 4.79 Å². The van der Waals surface area contributed by atoms with Crippen LogP contribution in [0.1, 0.15) is 30.1 Å². The first-order valence-corrected chi connectivity index (χ1v) is 7.50. The van der Waals surface area contributed by atoms with Gasteiger partial charge in [0.25, 0.3) is 0 Å². The number of nitrogens with zero attached hydrogens (tertiary/aromatic N) is 2. The van der Waals surface area contributed by atoms with Gasteiger partial charge in [-0.05, 0) is 36.5 Å². The highest BCUT2D eigenvalue weighted by atomic mass is 32.1. The summed E-state index contributed by atoms with van der Waals surface area (Å²) in [6, 6.07) is 9.99. The Balaban J connectivity index is 1.71. The second kappa shape index (κ2) is 5.81. The molecular formula is C15H18N4OS. The molecule has 1 aliphatic rings. The molecule has 1 aromatic carbocycles. The Morgan fingerprint density at radius 1 is 1.48 bits per heavy atom. The number of benzene rings is 1. The van der Waals surface area contributed by atoms with Gasteiger partial charge in [0, 0.05) is 7.05 Å². The van der Waals surface area contributed by atoms with E-state index in [1.54, 1.807) is 4.57 Å². The third-order valence-corrected chi connectivity index (χ3v) is 4.29. The minimum absolute atomic E-state index is 0.0570. The summed E-state index contributed by atoms with van der Waals surface area (Å²) in [5, 5.41) is 9.82. The summed E-state index contributed by atoms with van der Waals surface area (Å²) < 4.78 is 2.32. The molecule has 0 saturated heterocycles. The molecule has 1 atom stereocenters. The summed E-state index contributed by atoms with van der Waals surface area (Å²) in [5.41, 5.74) is 1.09. The normalized spacial score (nSPS) is 15.7. The second-order valence-corrected chi connectivity index (χ2v) is 5.83. The van der Waals surface area contributed by atoms with Gasteiger partial charge in [-0.3, -0.25) is 9.89 Å². The van der Waals surface area contributed by atoms with Crippen molar-refractivity contribution in [1.82, 2.24) is 20.1 Å². The van der Waals surface area contributed by atoms with E-state index in [0.29, 0.717) is 17.2 Å². The minimum atomic E-state index is -0.0570. The number of aromatic amines is 1. The number of carbonyl (C=O) groups is 1. The SMILES string of the molecule is Cn1c(CNC(=O)[C@H](c2ccccc2)C2CC2)n[nH]c1=S. The van der Waals surface area contributed by atoms with E-state index in [4.69, 9.17) is 12.2 Å². The molecule has 21 heavy (non-hydrogen) atoms. The van der Waals surface area contributed by atoms with E-state index in [1.165, 1.54) is 0 Å². The third kappa shape index (κ3) is 3.05. The predicted octanol–water partition coefficient (Wildman–Crippen LogP) is 2.29.